The molecule has 0 spiro atoms. The highest BCUT2D eigenvalue weighted by Crippen LogP contribution is 2.11. The molecule has 2 N–H and O–H groups in total. The molecule has 2 rings (SSSR count). The Morgan fingerprint density at radius 2 is 2.11 bits per heavy atom. The third-order valence-electron chi connectivity index (χ3n) is 3.25. The number of piperidine rings is 1. The van der Waals surface area contributed by atoms with Crippen LogP contribution in [-0.2, 0) is 11.3 Å². The Morgan fingerprint density at radius 1 is 1.33 bits per heavy atom. The van der Waals surface area contributed by atoms with E-state index in [0.29, 0.717) is 19.0 Å². The van der Waals surface area contributed by atoms with Crippen LogP contribution in [-0.4, -0.2) is 18.5 Å². The molecule has 0 radical (unpaired) electrons. The number of hydrogen-bond acceptors (Lipinski definition) is 2. The van der Waals surface area contributed by atoms with Crippen molar-refractivity contribution < 1.29 is 4.79 Å². The summed E-state index contributed by atoms with van der Waals surface area (Å²) in [6.45, 7) is 1.66. The Hall–Kier alpha value is -0.870. The summed E-state index contributed by atoms with van der Waals surface area (Å²) in [6.07, 6.45) is 4.18. The predicted octanol–water partition coefficient (Wildman–Crippen LogP) is 2.60. The second-order valence-electron chi connectivity index (χ2n) is 4.75. The molecule has 1 unspecified atom stereocenters. The maximum atomic E-state index is 11.8. The van der Waals surface area contributed by atoms with Crippen LogP contribution in [0.15, 0.2) is 28.7 Å². The van der Waals surface area contributed by atoms with Crippen LogP contribution in [0.3, 0.4) is 0 Å². The van der Waals surface area contributed by atoms with Crippen LogP contribution in [0.25, 0.3) is 0 Å². The van der Waals surface area contributed by atoms with Gasteiger partial charge in [-0.25, -0.2) is 0 Å². The molecule has 1 saturated heterocycles. The maximum Gasteiger partial charge on any atom is 0.221 e. The second kappa shape index (κ2) is 6.90. The van der Waals surface area contributed by atoms with E-state index in [9.17, 15) is 4.79 Å². The van der Waals surface area contributed by atoms with Crippen LogP contribution in [0.4, 0.5) is 0 Å². The van der Waals surface area contributed by atoms with Crippen molar-refractivity contribution in [1.82, 2.24) is 10.6 Å². The lowest BCUT2D eigenvalue weighted by Gasteiger charge is -2.22. The lowest BCUT2D eigenvalue weighted by Crippen LogP contribution is -2.38. The van der Waals surface area contributed by atoms with Gasteiger partial charge in [-0.2, -0.15) is 0 Å². The third-order valence-corrected chi connectivity index (χ3v) is 3.78. The number of hydrogen-bond donors (Lipinski definition) is 2. The van der Waals surface area contributed by atoms with Crippen molar-refractivity contribution >= 4 is 21.8 Å². The fraction of sp³-hybridized carbons (Fsp3) is 0.500. The summed E-state index contributed by atoms with van der Waals surface area (Å²) in [5, 5.41) is 6.36. The van der Waals surface area contributed by atoms with E-state index in [1.54, 1.807) is 0 Å². The molecule has 0 aromatic heterocycles. The van der Waals surface area contributed by atoms with Crippen molar-refractivity contribution in [2.24, 2.45) is 0 Å². The summed E-state index contributed by atoms with van der Waals surface area (Å²) < 4.78 is 1.06. The van der Waals surface area contributed by atoms with Crippen molar-refractivity contribution in [2.45, 2.75) is 38.3 Å². The van der Waals surface area contributed by atoms with Crippen LogP contribution in [0.5, 0.6) is 0 Å². The number of benzene rings is 1. The third kappa shape index (κ3) is 4.42. The van der Waals surface area contributed by atoms with Gasteiger partial charge in [0.25, 0.3) is 0 Å². The minimum absolute atomic E-state index is 0.136. The monoisotopic (exact) mass is 310 g/mol. The molecule has 0 bridgehead atoms. The molecule has 1 aliphatic heterocycles. The van der Waals surface area contributed by atoms with Crippen molar-refractivity contribution in [1.29, 1.82) is 0 Å². The lowest BCUT2D eigenvalue weighted by atomic mass is 10.0. The van der Waals surface area contributed by atoms with E-state index in [1.807, 2.05) is 24.3 Å². The zero-order chi connectivity index (χ0) is 12.8. The van der Waals surface area contributed by atoms with Crippen LogP contribution in [0.1, 0.15) is 31.2 Å². The smallest absolute Gasteiger partial charge is 0.221 e. The normalized spacial score (nSPS) is 19.5. The molecule has 3 nitrogen and oxygen atoms in total. The Labute approximate surface area is 116 Å². The number of halogens is 1. The number of nitrogens with one attached hydrogen (secondary N) is 2. The van der Waals surface area contributed by atoms with E-state index in [1.165, 1.54) is 12.8 Å². The standard InChI is InChI=1S/C14H19BrN2O/c15-12-6-4-11(5-7-12)10-17-14(18)9-13-3-1-2-8-16-13/h4-7,13,16H,1-3,8-10H2,(H,17,18). The molecule has 98 valence electrons. The topological polar surface area (TPSA) is 41.1 Å². The van der Waals surface area contributed by atoms with Crippen molar-refractivity contribution in [3.05, 3.63) is 34.3 Å². The van der Waals surface area contributed by atoms with E-state index in [4.69, 9.17) is 0 Å². The first-order chi connectivity index (χ1) is 8.74. The van der Waals surface area contributed by atoms with Gasteiger partial charge >= 0.3 is 0 Å². The molecule has 0 aliphatic carbocycles. The van der Waals surface area contributed by atoms with E-state index in [0.717, 1.165) is 23.0 Å². The fourth-order valence-corrected chi connectivity index (χ4v) is 2.46. The van der Waals surface area contributed by atoms with Gasteiger partial charge < -0.3 is 10.6 Å². The molecule has 1 aromatic rings. The Kier molecular flexibility index (Phi) is 5.20. The highest BCUT2D eigenvalue weighted by Gasteiger charge is 2.15. The number of carbonyl (C=O) groups is 1. The van der Waals surface area contributed by atoms with Gasteiger partial charge in [-0.15, -0.1) is 0 Å². The minimum Gasteiger partial charge on any atom is -0.352 e. The molecule has 4 heteroatoms. The molecule has 1 atom stereocenters. The SMILES string of the molecule is O=C(CC1CCCCN1)NCc1ccc(Br)cc1. The first-order valence-corrected chi connectivity index (χ1v) is 7.28. The molecule has 1 amide bonds. The Bertz CT molecular complexity index is 385. The first kappa shape index (κ1) is 13.6. The predicted molar refractivity (Wildman–Crippen MR) is 76.2 cm³/mol. The summed E-state index contributed by atoms with van der Waals surface area (Å²) in [6, 6.07) is 8.38. The van der Waals surface area contributed by atoms with Crippen LogP contribution >= 0.6 is 15.9 Å². The van der Waals surface area contributed by atoms with Gasteiger partial charge in [0.15, 0.2) is 0 Å². The zero-order valence-corrected chi connectivity index (χ0v) is 12.0. The van der Waals surface area contributed by atoms with Gasteiger partial charge in [0, 0.05) is 23.5 Å². The van der Waals surface area contributed by atoms with Crippen LogP contribution in [0, 0.1) is 0 Å². The molecule has 1 aromatic carbocycles. The number of carbonyl (C=O) groups excluding carboxylic acids is 1. The van der Waals surface area contributed by atoms with E-state index >= 15 is 0 Å². The van der Waals surface area contributed by atoms with Gasteiger partial charge in [-0.05, 0) is 37.1 Å². The average Bonchev–Trinajstić information content (AvgIpc) is 2.39. The summed E-state index contributed by atoms with van der Waals surface area (Å²) in [5.41, 5.74) is 1.13. The van der Waals surface area contributed by atoms with Crippen LogP contribution in [0.2, 0.25) is 0 Å². The van der Waals surface area contributed by atoms with Crippen LogP contribution < -0.4 is 10.6 Å². The quantitative estimate of drug-likeness (QED) is 0.897. The molecule has 1 aliphatic rings. The van der Waals surface area contributed by atoms with E-state index < -0.39 is 0 Å². The largest absolute Gasteiger partial charge is 0.352 e. The Morgan fingerprint density at radius 3 is 2.78 bits per heavy atom. The molecule has 1 fully saturated rings. The highest BCUT2D eigenvalue weighted by atomic mass is 79.9. The molecular formula is C14H19BrN2O. The summed E-state index contributed by atoms with van der Waals surface area (Å²) in [4.78, 5) is 11.8. The molecule has 1 heterocycles. The van der Waals surface area contributed by atoms with Crippen molar-refractivity contribution in [3.63, 3.8) is 0 Å². The number of amides is 1. The highest BCUT2D eigenvalue weighted by molar-refractivity contribution is 9.10. The van der Waals surface area contributed by atoms with Gasteiger partial charge in [0.2, 0.25) is 5.91 Å². The Balaban J connectivity index is 1.72. The second-order valence-corrected chi connectivity index (χ2v) is 5.67. The number of rotatable bonds is 4. The van der Waals surface area contributed by atoms with Gasteiger partial charge in [0.1, 0.15) is 0 Å². The first-order valence-electron chi connectivity index (χ1n) is 6.48. The van der Waals surface area contributed by atoms with E-state index in [-0.39, 0.29) is 5.91 Å². The summed E-state index contributed by atoms with van der Waals surface area (Å²) in [5.74, 6) is 0.136. The molecule has 18 heavy (non-hydrogen) atoms. The van der Waals surface area contributed by atoms with E-state index in [2.05, 4.69) is 26.6 Å². The minimum atomic E-state index is 0.136. The summed E-state index contributed by atoms with van der Waals surface area (Å²) in [7, 11) is 0. The average molecular weight is 311 g/mol. The van der Waals surface area contributed by atoms with Gasteiger partial charge in [-0.1, -0.05) is 34.5 Å². The fourth-order valence-electron chi connectivity index (χ4n) is 2.20. The molecular weight excluding hydrogens is 292 g/mol. The molecule has 0 saturated carbocycles. The zero-order valence-electron chi connectivity index (χ0n) is 10.4. The maximum absolute atomic E-state index is 11.8. The summed E-state index contributed by atoms with van der Waals surface area (Å²) >= 11 is 3.40. The van der Waals surface area contributed by atoms with Crippen molar-refractivity contribution in [3.8, 4) is 0 Å². The lowest BCUT2D eigenvalue weighted by molar-refractivity contribution is -0.121. The van der Waals surface area contributed by atoms with Gasteiger partial charge in [0.05, 0.1) is 0 Å². The van der Waals surface area contributed by atoms with Crippen molar-refractivity contribution in [2.75, 3.05) is 6.54 Å². The van der Waals surface area contributed by atoms with Gasteiger partial charge in [-0.3, -0.25) is 4.79 Å².